The fourth-order valence-corrected chi connectivity index (χ4v) is 3.15. The lowest BCUT2D eigenvalue weighted by atomic mass is 9.90. The van der Waals surface area contributed by atoms with E-state index in [2.05, 4.69) is 26.6 Å². The largest absolute Gasteiger partial charge is 0.436 e. The standard InChI is InChI=1S/C11H11BrN2O2/c12-7-2-1-3-8-9(7)11(4-5-13-6-11)16-10(15)14-8/h1-3,13H,4-6H2,(H,14,15). The third-order valence-electron chi connectivity index (χ3n) is 3.11. The molecule has 0 radical (unpaired) electrons. The Hall–Kier alpha value is -1.07. The van der Waals surface area contributed by atoms with E-state index in [1.807, 2.05) is 18.2 Å². The Bertz CT molecular complexity index is 455. The van der Waals surface area contributed by atoms with E-state index in [0.29, 0.717) is 6.54 Å². The Morgan fingerprint density at radius 1 is 1.44 bits per heavy atom. The van der Waals surface area contributed by atoms with Crippen molar-refractivity contribution in [2.75, 3.05) is 18.4 Å². The number of amides is 1. The molecule has 2 heterocycles. The number of anilines is 1. The number of hydrogen-bond donors (Lipinski definition) is 2. The van der Waals surface area contributed by atoms with Gasteiger partial charge in [0.25, 0.3) is 0 Å². The topological polar surface area (TPSA) is 50.4 Å². The van der Waals surface area contributed by atoms with Crippen LogP contribution < -0.4 is 10.6 Å². The second-order valence-electron chi connectivity index (χ2n) is 4.10. The van der Waals surface area contributed by atoms with E-state index in [1.165, 1.54) is 0 Å². The molecule has 1 amide bonds. The van der Waals surface area contributed by atoms with Crippen LogP contribution in [0.15, 0.2) is 22.7 Å². The fraction of sp³-hybridized carbons (Fsp3) is 0.364. The van der Waals surface area contributed by atoms with E-state index in [0.717, 1.165) is 28.7 Å². The summed E-state index contributed by atoms with van der Waals surface area (Å²) in [5.74, 6) is 0. The Kier molecular flexibility index (Phi) is 2.19. The van der Waals surface area contributed by atoms with Gasteiger partial charge in [-0.2, -0.15) is 0 Å². The number of halogens is 1. The minimum Gasteiger partial charge on any atom is -0.436 e. The molecule has 0 saturated carbocycles. The van der Waals surface area contributed by atoms with Gasteiger partial charge in [-0.1, -0.05) is 22.0 Å². The van der Waals surface area contributed by atoms with Crippen LogP contribution in [-0.2, 0) is 10.3 Å². The Morgan fingerprint density at radius 2 is 2.31 bits per heavy atom. The molecule has 0 aliphatic carbocycles. The summed E-state index contributed by atoms with van der Waals surface area (Å²) in [5, 5.41) is 5.98. The van der Waals surface area contributed by atoms with Crippen molar-refractivity contribution in [1.82, 2.24) is 5.32 Å². The zero-order chi connectivity index (χ0) is 11.2. The zero-order valence-corrected chi connectivity index (χ0v) is 10.1. The molecule has 2 aliphatic heterocycles. The molecule has 1 fully saturated rings. The molecule has 3 rings (SSSR count). The normalized spacial score (nSPS) is 27.4. The van der Waals surface area contributed by atoms with Crippen molar-refractivity contribution in [3.05, 3.63) is 28.2 Å². The molecular formula is C11H11BrN2O2. The van der Waals surface area contributed by atoms with Crippen LogP contribution in [0.1, 0.15) is 12.0 Å². The predicted molar refractivity (Wildman–Crippen MR) is 63.4 cm³/mol. The first kappa shape index (κ1) is 10.1. The molecule has 1 aromatic carbocycles. The first-order valence-electron chi connectivity index (χ1n) is 5.21. The molecule has 84 valence electrons. The number of rotatable bonds is 0. The summed E-state index contributed by atoms with van der Waals surface area (Å²) in [5.41, 5.74) is 1.38. The molecule has 1 saturated heterocycles. The number of nitrogens with one attached hydrogen (secondary N) is 2. The third kappa shape index (κ3) is 1.35. The second-order valence-corrected chi connectivity index (χ2v) is 4.95. The Morgan fingerprint density at radius 3 is 3.06 bits per heavy atom. The molecule has 2 aliphatic rings. The quantitative estimate of drug-likeness (QED) is 0.767. The van der Waals surface area contributed by atoms with Gasteiger partial charge in [-0.05, 0) is 18.7 Å². The van der Waals surface area contributed by atoms with Crippen LogP contribution in [-0.4, -0.2) is 19.2 Å². The average molecular weight is 283 g/mol. The molecule has 1 atom stereocenters. The van der Waals surface area contributed by atoms with Crippen molar-refractivity contribution in [1.29, 1.82) is 0 Å². The van der Waals surface area contributed by atoms with Crippen LogP contribution >= 0.6 is 15.9 Å². The lowest BCUT2D eigenvalue weighted by Crippen LogP contribution is -2.41. The molecule has 1 spiro atoms. The van der Waals surface area contributed by atoms with Gasteiger partial charge in [0, 0.05) is 23.0 Å². The van der Waals surface area contributed by atoms with E-state index in [4.69, 9.17) is 4.74 Å². The smallest absolute Gasteiger partial charge is 0.412 e. The summed E-state index contributed by atoms with van der Waals surface area (Å²) in [7, 11) is 0. The summed E-state index contributed by atoms with van der Waals surface area (Å²) in [6, 6.07) is 5.78. The summed E-state index contributed by atoms with van der Waals surface area (Å²) in [6.45, 7) is 1.55. The molecule has 0 bridgehead atoms. The first-order valence-corrected chi connectivity index (χ1v) is 6.00. The highest BCUT2D eigenvalue weighted by Crippen LogP contribution is 2.43. The molecular weight excluding hydrogens is 272 g/mol. The van der Waals surface area contributed by atoms with E-state index >= 15 is 0 Å². The minimum absolute atomic E-state index is 0.366. The van der Waals surface area contributed by atoms with Gasteiger partial charge in [-0.3, -0.25) is 5.32 Å². The Balaban J connectivity index is 2.20. The number of hydrogen-bond acceptors (Lipinski definition) is 3. The Labute approximate surface area is 101 Å². The second kappa shape index (κ2) is 3.46. The number of carbonyl (C=O) groups is 1. The molecule has 1 aromatic rings. The number of benzene rings is 1. The van der Waals surface area contributed by atoms with Crippen molar-refractivity contribution >= 4 is 27.7 Å². The van der Waals surface area contributed by atoms with Crippen LogP contribution in [0.5, 0.6) is 0 Å². The van der Waals surface area contributed by atoms with Gasteiger partial charge >= 0.3 is 6.09 Å². The predicted octanol–water partition coefficient (Wildman–Crippen LogP) is 2.20. The lowest BCUT2D eigenvalue weighted by molar-refractivity contribution is 0.0272. The fourth-order valence-electron chi connectivity index (χ4n) is 2.42. The first-order chi connectivity index (χ1) is 7.71. The molecule has 1 unspecified atom stereocenters. The third-order valence-corrected chi connectivity index (χ3v) is 3.77. The van der Waals surface area contributed by atoms with Gasteiger partial charge in [-0.25, -0.2) is 4.79 Å². The summed E-state index contributed by atoms with van der Waals surface area (Å²) in [6.07, 6.45) is 0.449. The number of carbonyl (C=O) groups excluding carboxylic acids is 1. The highest BCUT2D eigenvalue weighted by molar-refractivity contribution is 9.10. The van der Waals surface area contributed by atoms with E-state index in [1.54, 1.807) is 0 Å². The molecule has 0 aromatic heterocycles. The monoisotopic (exact) mass is 282 g/mol. The highest BCUT2D eigenvalue weighted by Gasteiger charge is 2.45. The lowest BCUT2D eigenvalue weighted by Gasteiger charge is -2.35. The maximum Gasteiger partial charge on any atom is 0.412 e. The molecule has 2 N–H and O–H groups in total. The number of fused-ring (bicyclic) bond motifs is 2. The minimum atomic E-state index is -0.502. The van der Waals surface area contributed by atoms with Crippen molar-refractivity contribution in [2.24, 2.45) is 0 Å². The van der Waals surface area contributed by atoms with Crippen molar-refractivity contribution in [3.8, 4) is 0 Å². The molecule has 4 nitrogen and oxygen atoms in total. The van der Waals surface area contributed by atoms with Crippen molar-refractivity contribution < 1.29 is 9.53 Å². The number of ether oxygens (including phenoxy) is 1. The van der Waals surface area contributed by atoms with E-state index in [-0.39, 0.29) is 6.09 Å². The summed E-state index contributed by atoms with van der Waals surface area (Å²) in [4.78, 5) is 11.5. The van der Waals surface area contributed by atoms with Gasteiger partial charge in [0.15, 0.2) is 5.60 Å². The van der Waals surface area contributed by atoms with Gasteiger partial charge < -0.3 is 10.1 Å². The van der Waals surface area contributed by atoms with Crippen LogP contribution in [0.25, 0.3) is 0 Å². The van der Waals surface area contributed by atoms with Gasteiger partial charge in [-0.15, -0.1) is 0 Å². The summed E-state index contributed by atoms with van der Waals surface area (Å²) >= 11 is 3.53. The highest BCUT2D eigenvalue weighted by atomic mass is 79.9. The van der Waals surface area contributed by atoms with Crippen LogP contribution in [0.2, 0.25) is 0 Å². The summed E-state index contributed by atoms with van der Waals surface area (Å²) < 4.78 is 6.48. The molecule has 5 heteroatoms. The van der Waals surface area contributed by atoms with Gasteiger partial charge in [0.2, 0.25) is 0 Å². The van der Waals surface area contributed by atoms with Crippen LogP contribution in [0.4, 0.5) is 10.5 Å². The van der Waals surface area contributed by atoms with Gasteiger partial charge in [0.1, 0.15) is 0 Å². The maximum atomic E-state index is 11.5. The zero-order valence-electron chi connectivity index (χ0n) is 8.55. The van der Waals surface area contributed by atoms with Crippen LogP contribution in [0, 0.1) is 0 Å². The van der Waals surface area contributed by atoms with Gasteiger partial charge in [0.05, 0.1) is 5.69 Å². The SMILES string of the molecule is O=C1Nc2cccc(Br)c2C2(CCNC2)O1. The average Bonchev–Trinajstić information content (AvgIpc) is 2.66. The van der Waals surface area contributed by atoms with Crippen molar-refractivity contribution in [3.63, 3.8) is 0 Å². The van der Waals surface area contributed by atoms with E-state index in [9.17, 15) is 4.79 Å². The van der Waals surface area contributed by atoms with Crippen molar-refractivity contribution in [2.45, 2.75) is 12.0 Å². The van der Waals surface area contributed by atoms with E-state index < -0.39 is 5.60 Å². The molecule has 16 heavy (non-hydrogen) atoms. The maximum absolute atomic E-state index is 11.5. The van der Waals surface area contributed by atoms with Crippen LogP contribution in [0.3, 0.4) is 0 Å².